The minimum atomic E-state index is -3.41. The Kier molecular flexibility index (Phi) is 6.81. The third-order valence-electron chi connectivity index (χ3n) is 4.50. The van der Waals surface area contributed by atoms with E-state index < -0.39 is 9.84 Å². The quantitative estimate of drug-likeness (QED) is 0.815. The molecule has 140 valence electrons. The van der Waals surface area contributed by atoms with Crippen LogP contribution in [0.1, 0.15) is 24.8 Å². The van der Waals surface area contributed by atoms with Crippen molar-refractivity contribution in [2.75, 3.05) is 5.32 Å². The molecule has 0 aliphatic heterocycles. The predicted octanol–water partition coefficient (Wildman–Crippen LogP) is 3.15. The monoisotopic (exact) mass is 394 g/mol. The second-order valence-corrected chi connectivity index (χ2v) is 8.52. The van der Waals surface area contributed by atoms with Gasteiger partial charge in [0.05, 0.1) is 10.6 Å². The van der Waals surface area contributed by atoms with Crippen molar-refractivity contribution in [3.05, 3.63) is 60.2 Å². The van der Waals surface area contributed by atoms with Gasteiger partial charge in [-0.05, 0) is 49.1 Å². The van der Waals surface area contributed by atoms with E-state index in [1.54, 1.807) is 54.6 Å². The van der Waals surface area contributed by atoms with Crippen LogP contribution in [-0.2, 0) is 20.4 Å². The van der Waals surface area contributed by atoms with Crippen molar-refractivity contribution in [2.45, 2.75) is 36.0 Å². The second kappa shape index (κ2) is 8.66. The Morgan fingerprint density at radius 2 is 1.81 bits per heavy atom. The van der Waals surface area contributed by atoms with Gasteiger partial charge in [0, 0.05) is 17.6 Å². The van der Waals surface area contributed by atoms with Gasteiger partial charge in [0.15, 0.2) is 9.84 Å². The minimum Gasteiger partial charge on any atom is -0.328 e. The Morgan fingerprint density at radius 1 is 1.08 bits per heavy atom. The Bertz CT molecular complexity index is 856. The standard InChI is InChI=1S/C19H22N2O3S.ClH/c20-16-10-9-15(12-16)19(22)21-17-6-4-5-14(11-17)13-25(23,24)18-7-2-1-3-8-18;/h1-8,11,15-16H,9-10,12-13,20H2,(H,21,22);1H. The SMILES string of the molecule is Cl.NC1CCC(C(=O)Nc2cccc(CS(=O)(=O)c3ccccc3)c2)C1. The molecule has 0 spiro atoms. The molecule has 0 heterocycles. The smallest absolute Gasteiger partial charge is 0.227 e. The Balaban J connectivity index is 0.00000243. The normalized spacial score (nSPS) is 19.6. The van der Waals surface area contributed by atoms with E-state index in [1.807, 2.05) is 0 Å². The van der Waals surface area contributed by atoms with E-state index >= 15 is 0 Å². The topological polar surface area (TPSA) is 89.3 Å². The van der Waals surface area contributed by atoms with Gasteiger partial charge in [0.2, 0.25) is 5.91 Å². The lowest BCUT2D eigenvalue weighted by Crippen LogP contribution is -2.23. The highest BCUT2D eigenvalue weighted by Crippen LogP contribution is 2.26. The molecule has 0 bridgehead atoms. The summed E-state index contributed by atoms with van der Waals surface area (Å²) in [5.41, 5.74) is 7.12. The first kappa shape index (κ1) is 20.4. The summed E-state index contributed by atoms with van der Waals surface area (Å²) in [6, 6.07) is 15.5. The summed E-state index contributed by atoms with van der Waals surface area (Å²) in [5, 5.41) is 2.88. The van der Waals surface area contributed by atoms with E-state index in [2.05, 4.69) is 5.32 Å². The van der Waals surface area contributed by atoms with Gasteiger partial charge in [-0.3, -0.25) is 4.79 Å². The van der Waals surface area contributed by atoms with Gasteiger partial charge in [-0.2, -0.15) is 0 Å². The molecule has 1 amide bonds. The van der Waals surface area contributed by atoms with Crippen LogP contribution in [-0.4, -0.2) is 20.4 Å². The van der Waals surface area contributed by atoms with Crippen LogP contribution in [0.15, 0.2) is 59.5 Å². The lowest BCUT2D eigenvalue weighted by molar-refractivity contribution is -0.119. The highest BCUT2D eigenvalue weighted by molar-refractivity contribution is 7.90. The molecule has 2 unspecified atom stereocenters. The van der Waals surface area contributed by atoms with Crippen molar-refractivity contribution in [3.8, 4) is 0 Å². The number of hydrogen-bond donors (Lipinski definition) is 2. The number of carbonyl (C=O) groups is 1. The molecule has 5 nitrogen and oxygen atoms in total. The highest BCUT2D eigenvalue weighted by Gasteiger charge is 2.27. The maximum Gasteiger partial charge on any atom is 0.227 e. The lowest BCUT2D eigenvalue weighted by atomic mass is 10.1. The van der Waals surface area contributed by atoms with Crippen LogP contribution in [0, 0.1) is 5.92 Å². The van der Waals surface area contributed by atoms with Crippen LogP contribution in [0.2, 0.25) is 0 Å². The Morgan fingerprint density at radius 3 is 2.46 bits per heavy atom. The Labute approximate surface area is 160 Å². The molecular weight excluding hydrogens is 372 g/mol. The summed E-state index contributed by atoms with van der Waals surface area (Å²) >= 11 is 0. The number of carbonyl (C=O) groups excluding carboxylic acids is 1. The minimum absolute atomic E-state index is 0. The summed E-state index contributed by atoms with van der Waals surface area (Å²) in [6.45, 7) is 0. The first-order valence-corrected chi connectivity index (χ1v) is 10.0. The van der Waals surface area contributed by atoms with Crippen molar-refractivity contribution in [1.29, 1.82) is 0 Å². The number of anilines is 1. The lowest BCUT2D eigenvalue weighted by Gasteiger charge is -2.12. The Hall–Kier alpha value is -1.89. The van der Waals surface area contributed by atoms with Crippen LogP contribution in [0.5, 0.6) is 0 Å². The van der Waals surface area contributed by atoms with E-state index in [0.717, 1.165) is 12.8 Å². The zero-order chi connectivity index (χ0) is 17.9. The highest BCUT2D eigenvalue weighted by atomic mass is 35.5. The molecule has 2 aromatic carbocycles. The number of benzene rings is 2. The van der Waals surface area contributed by atoms with Gasteiger partial charge in [-0.15, -0.1) is 12.4 Å². The van der Waals surface area contributed by atoms with Crippen molar-refractivity contribution in [2.24, 2.45) is 11.7 Å². The fourth-order valence-electron chi connectivity index (χ4n) is 3.17. The van der Waals surface area contributed by atoms with E-state index in [9.17, 15) is 13.2 Å². The zero-order valence-corrected chi connectivity index (χ0v) is 15.9. The number of rotatable bonds is 5. The van der Waals surface area contributed by atoms with Gasteiger partial charge in [0.25, 0.3) is 0 Å². The molecule has 1 saturated carbocycles. The summed E-state index contributed by atoms with van der Waals surface area (Å²) in [4.78, 5) is 12.6. The third-order valence-corrected chi connectivity index (χ3v) is 6.20. The van der Waals surface area contributed by atoms with Gasteiger partial charge in [0.1, 0.15) is 0 Å². The predicted molar refractivity (Wildman–Crippen MR) is 105 cm³/mol. The number of amides is 1. The van der Waals surface area contributed by atoms with Gasteiger partial charge in [-0.1, -0.05) is 30.3 Å². The first-order valence-electron chi connectivity index (χ1n) is 8.37. The summed E-state index contributed by atoms with van der Waals surface area (Å²) < 4.78 is 25.0. The maximum atomic E-state index is 12.5. The van der Waals surface area contributed by atoms with Crippen LogP contribution in [0.4, 0.5) is 5.69 Å². The van der Waals surface area contributed by atoms with Crippen molar-refractivity contribution in [3.63, 3.8) is 0 Å². The van der Waals surface area contributed by atoms with Crippen LogP contribution in [0.25, 0.3) is 0 Å². The molecule has 2 aromatic rings. The largest absolute Gasteiger partial charge is 0.328 e. The molecule has 0 saturated heterocycles. The second-order valence-electron chi connectivity index (χ2n) is 6.53. The molecule has 7 heteroatoms. The number of nitrogens with two attached hydrogens (primary N) is 1. The van der Waals surface area contributed by atoms with Gasteiger partial charge < -0.3 is 11.1 Å². The molecule has 1 aliphatic rings. The average Bonchev–Trinajstić information content (AvgIpc) is 3.02. The molecule has 26 heavy (non-hydrogen) atoms. The van der Waals surface area contributed by atoms with E-state index in [0.29, 0.717) is 22.6 Å². The molecule has 0 aromatic heterocycles. The van der Waals surface area contributed by atoms with E-state index in [1.165, 1.54) is 0 Å². The van der Waals surface area contributed by atoms with Crippen LogP contribution < -0.4 is 11.1 Å². The van der Waals surface area contributed by atoms with Gasteiger partial charge in [-0.25, -0.2) is 8.42 Å². The molecule has 0 radical (unpaired) electrons. The number of nitrogens with one attached hydrogen (secondary N) is 1. The molecular formula is C19H23ClN2O3S. The third kappa shape index (κ3) is 5.06. The van der Waals surface area contributed by atoms with Crippen molar-refractivity contribution in [1.82, 2.24) is 0 Å². The molecule has 3 rings (SSSR count). The number of sulfone groups is 1. The molecule has 1 fully saturated rings. The summed E-state index contributed by atoms with van der Waals surface area (Å²) in [7, 11) is -3.41. The molecule has 3 N–H and O–H groups in total. The first-order chi connectivity index (χ1) is 11.9. The fraction of sp³-hybridized carbons (Fsp3) is 0.316. The number of hydrogen-bond acceptors (Lipinski definition) is 4. The van der Waals surface area contributed by atoms with E-state index in [-0.39, 0.29) is 36.0 Å². The van der Waals surface area contributed by atoms with E-state index in [4.69, 9.17) is 5.73 Å². The summed E-state index contributed by atoms with van der Waals surface area (Å²) in [6.07, 6.45) is 2.37. The summed E-state index contributed by atoms with van der Waals surface area (Å²) in [5.74, 6) is -0.211. The van der Waals surface area contributed by atoms with Gasteiger partial charge >= 0.3 is 0 Å². The molecule has 1 aliphatic carbocycles. The maximum absolute atomic E-state index is 12.5. The van der Waals surface area contributed by atoms with Crippen LogP contribution >= 0.6 is 12.4 Å². The van der Waals surface area contributed by atoms with Crippen molar-refractivity contribution >= 4 is 33.8 Å². The van der Waals surface area contributed by atoms with Crippen LogP contribution in [0.3, 0.4) is 0 Å². The fourth-order valence-corrected chi connectivity index (χ4v) is 4.53. The number of halogens is 1. The molecule has 2 atom stereocenters. The zero-order valence-electron chi connectivity index (χ0n) is 14.3. The average molecular weight is 395 g/mol. The van der Waals surface area contributed by atoms with Crippen molar-refractivity contribution < 1.29 is 13.2 Å².